The topological polar surface area (TPSA) is 95.5 Å². The number of amides is 3. The maximum Gasteiger partial charge on any atom is 0.257 e. The second kappa shape index (κ2) is 8.45. The lowest BCUT2D eigenvalue weighted by Gasteiger charge is -2.29. The van der Waals surface area contributed by atoms with Gasteiger partial charge in [0.2, 0.25) is 11.8 Å². The molecule has 3 amide bonds. The van der Waals surface area contributed by atoms with Crippen molar-refractivity contribution >= 4 is 17.7 Å². The van der Waals surface area contributed by atoms with Crippen LogP contribution in [0.5, 0.6) is 0 Å². The molecule has 8 heteroatoms. The summed E-state index contributed by atoms with van der Waals surface area (Å²) in [5, 5.41) is 2.56. The average molecular weight is 373 g/mol. The van der Waals surface area contributed by atoms with Gasteiger partial charge < -0.3 is 15.1 Å². The summed E-state index contributed by atoms with van der Waals surface area (Å²) in [7, 11) is 0. The number of likely N-dealkylation sites (tertiary alicyclic amines) is 2. The molecule has 2 aliphatic heterocycles. The summed E-state index contributed by atoms with van der Waals surface area (Å²) >= 11 is 0. The number of aryl methyl sites for hydroxylation is 1. The van der Waals surface area contributed by atoms with Crippen LogP contribution in [-0.2, 0) is 9.59 Å². The lowest BCUT2D eigenvalue weighted by molar-refractivity contribution is -0.133. The molecule has 0 aromatic carbocycles. The van der Waals surface area contributed by atoms with Crippen LogP contribution in [0.1, 0.15) is 66.9 Å². The molecule has 3 rings (SSSR count). The number of aromatic nitrogens is 2. The zero-order valence-electron chi connectivity index (χ0n) is 16.0. The number of nitrogens with zero attached hydrogens (tertiary/aromatic N) is 4. The molecular weight excluding hydrogens is 346 g/mol. The Morgan fingerprint density at radius 1 is 1.15 bits per heavy atom. The van der Waals surface area contributed by atoms with Crippen LogP contribution in [0.4, 0.5) is 0 Å². The van der Waals surface area contributed by atoms with Gasteiger partial charge in [-0.3, -0.25) is 14.4 Å². The number of carbonyl (C=O) groups is 3. The van der Waals surface area contributed by atoms with E-state index < -0.39 is 0 Å². The summed E-state index contributed by atoms with van der Waals surface area (Å²) in [5.74, 6) is 0.144. The van der Waals surface area contributed by atoms with Gasteiger partial charge in [-0.1, -0.05) is 0 Å². The second-order valence-corrected chi connectivity index (χ2v) is 7.22. The minimum absolute atomic E-state index is 0.0364. The molecule has 146 valence electrons. The van der Waals surface area contributed by atoms with Gasteiger partial charge in [0, 0.05) is 32.8 Å². The summed E-state index contributed by atoms with van der Waals surface area (Å²) in [6, 6.07) is -0.253. The molecule has 8 nitrogen and oxygen atoms in total. The normalized spacial score (nSPS) is 19.9. The Bertz CT molecular complexity index is 730. The van der Waals surface area contributed by atoms with Crippen LogP contribution < -0.4 is 5.32 Å². The predicted octanol–water partition coefficient (Wildman–Crippen LogP) is 1.21. The fourth-order valence-corrected chi connectivity index (χ4v) is 3.82. The highest BCUT2D eigenvalue weighted by Crippen LogP contribution is 2.33. The van der Waals surface area contributed by atoms with Gasteiger partial charge in [-0.2, -0.15) is 0 Å². The van der Waals surface area contributed by atoms with Gasteiger partial charge in [0.05, 0.1) is 23.8 Å². The van der Waals surface area contributed by atoms with E-state index in [2.05, 4.69) is 15.3 Å². The highest BCUT2D eigenvalue weighted by molar-refractivity contribution is 5.95. The van der Waals surface area contributed by atoms with E-state index in [-0.39, 0.29) is 30.3 Å². The molecule has 1 aromatic rings. The van der Waals surface area contributed by atoms with E-state index in [1.807, 2.05) is 4.90 Å². The van der Waals surface area contributed by atoms with E-state index in [9.17, 15) is 14.4 Å². The van der Waals surface area contributed by atoms with E-state index >= 15 is 0 Å². The second-order valence-electron chi connectivity index (χ2n) is 7.22. The molecular formula is C19H27N5O3. The lowest BCUT2D eigenvalue weighted by atomic mass is 10.0. The molecule has 0 unspecified atom stereocenters. The van der Waals surface area contributed by atoms with Gasteiger partial charge >= 0.3 is 0 Å². The lowest BCUT2D eigenvalue weighted by Crippen LogP contribution is -2.41. The van der Waals surface area contributed by atoms with Crippen molar-refractivity contribution in [3.63, 3.8) is 0 Å². The van der Waals surface area contributed by atoms with Gasteiger partial charge in [0.15, 0.2) is 0 Å². The minimum atomic E-state index is -0.253. The van der Waals surface area contributed by atoms with E-state index in [0.29, 0.717) is 23.6 Å². The summed E-state index contributed by atoms with van der Waals surface area (Å²) < 4.78 is 0. The molecule has 0 saturated carbocycles. The zero-order chi connectivity index (χ0) is 19.4. The van der Waals surface area contributed by atoms with Crippen molar-refractivity contribution in [3.8, 4) is 0 Å². The SMILES string of the molecule is CC(=O)NCC(=O)N1CCC[C@H]1c1nc(C)ncc1C(=O)N1CCCCC1. The maximum absolute atomic E-state index is 13.1. The van der Waals surface area contributed by atoms with Crippen LogP contribution >= 0.6 is 0 Å². The monoisotopic (exact) mass is 373 g/mol. The highest BCUT2D eigenvalue weighted by atomic mass is 16.2. The molecule has 2 fully saturated rings. The number of carbonyl (C=O) groups excluding carboxylic acids is 3. The maximum atomic E-state index is 13.1. The predicted molar refractivity (Wildman–Crippen MR) is 98.9 cm³/mol. The molecule has 0 aliphatic carbocycles. The molecule has 3 heterocycles. The Labute approximate surface area is 159 Å². The van der Waals surface area contributed by atoms with Crippen molar-refractivity contribution in [2.24, 2.45) is 0 Å². The standard InChI is InChI=1S/C19H27N5O3/c1-13-20-11-15(19(27)23-8-4-3-5-9-23)18(22-13)16-7-6-10-24(16)17(26)12-21-14(2)25/h11,16H,3-10,12H2,1-2H3,(H,21,25)/t16-/m0/s1. The number of hydrogen-bond acceptors (Lipinski definition) is 5. The van der Waals surface area contributed by atoms with Crippen LogP contribution in [0.15, 0.2) is 6.20 Å². The Kier molecular flexibility index (Phi) is 6.03. The van der Waals surface area contributed by atoms with Crippen molar-refractivity contribution in [3.05, 3.63) is 23.3 Å². The molecule has 2 aliphatic rings. The van der Waals surface area contributed by atoms with Gasteiger partial charge in [-0.25, -0.2) is 9.97 Å². The van der Waals surface area contributed by atoms with E-state index in [4.69, 9.17) is 0 Å². The Morgan fingerprint density at radius 3 is 2.59 bits per heavy atom. The van der Waals surface area contributed by atoms with E-state index in [1.54, 1.807) is 18.0 Å². The molecule has 1 atom stereocenters. The summed E-state index contributed by atoms with van der Waals surface area (Å²) in [4.78, 5) is 49.1. The van der Waals surface area contributed by atoms with Crippen LogP contribution in [0.3, 0.4) is 0 Å². The quantitative estimate of drug-likeness (QED) is 0.856. The van der Waals surface area contributed by atoms with Crippen molar-refractivity contribution in [2.45, 2.75) is 52.0 Å². The zero-order valence-corrected chi connectivity index (χ0v) is 16.0. The third kappa shape index (κ3) is 4.43. The van der Waals surface area contributed by atoms with Crippen molar-refractivity contribution < 1.29 is 14.4 Å². The summed E-state index contributed by atoms with van der Waals surface area (Å²) in [6.07, 6.45) is 6.37. The first kappa shape index (κ1) is 19.3. The first-order valence-corrected chi connectivity index (χ1v) is 9.64. The Morgan fingerprint density at radius 2 is 1.89 bits per heavy atom. The van der Waals surface area contributed by atoms with Crippen LogP contribution in [0, 0.1) is 6.92 Å². The third-order valence-electron chi connectivity index (χ3n) is 5.19. The molecule has 27 heavy (non-hydrogen) atoms. The minimum Gasteiger partial charge on any atom is -0.347 e. The third-order valence-corrected chi connectivity index (χ3v) is 5.19. The van der Waals surface area contributed by atoms with Crippen LogP contribution in [0.2, 0.25) is 0 Å². The van der Waals surface area contributed by atoms with Gasteiger partial charge in [0.1, 0.15) is 5.82 Å². The van der Waals surface area contributed by atoms with Crippen molar-refractivity contribution in [1.82, 2.24) is 25.1 Å². The molecule has 1 aromatic heterocycles. The van der Waals surface area contributed by atoms with Crippen molar-refractivity contribution in [1.29, 1.82) is 0 Å². The van der Waals surface area contributed by atoms with E-state index in [1.165, 1.54) is 6.92 Å². The number of piperidine rings is 1. The average Bonchev–Trinajstić information content (AvgIpc) is 3.16. The number of hydrogen-bond donors (Lipinski definition) is 1. The Hall–Kier alpha value is -2.51. The number of rotatable bonds is 4. The molecule has 0 radical (unpaired) electrons. The first-order valence-electron chi connectivity index (χ1n) is 9.64. The smallest absolute Gasteiger partial charge is 0.257 e. The largest absolute Gasteiger partial charge is 0.347 e. The molecule has 2 saturated heterocycles. The molecule has 1 N–H and O–H groups in total. The van der Waals surface area contributed by atoms with Crippen LogP contribution in [0.25, 0.3) is 0 Å². The summed E-state index contributed by atoms with van der Waals surface area (Å²) in [6.45, 7) is 5.24. The highest BCUT2D eigenvalue weighted by Gasteiger charge is 2.35. The molecule has 0 bridgehead atoms. The van der Waals surface area contributed by atoms with Gasteiger partial charge in [-0.15, -0.1) is 0 Å². The summed E-state index contributed by atoms with van der Waals surface area (Å²) in [5.41, 5.74) is 1.12. The van der Waals surface area contributed by atoms with Crippen molar-refractivity contribution in [2.75, 3.05) is 26.2 Å². The fraction of sp³-hybridized carbons (Fsp3) is 0.632. The Balaban J connectivity index is 1.85. The first-order chi connectivity index (χ1) is 13.0. The van der Waals surface area contributed by atoms with Gasteiger partial charge in [-0.05, 0) is 39.0 Å². The molecule has 0 spiro atoms. The van der Waals surface area contributed by atoms with Crippen LogP contribution in [-0.4, -0.2) is 63.7 Å². The number of nitrogens with one attached hydrogen (secondary N) is 1. The van der Waals surface area contributed by atoms with E-state index in [0.717, 1.165) is 45.2 Å². The fourth-order valence-electron chi connectivity index (χ4n) is 3.82. The van der Waals surface area contributed by atoms with Gasteiger partial charge in [0.25, 0.3) is 5.91 Å².